The first-order chi connectivity index (χ1) is 11.9. The van der Waals surface area contributed by atoms with Crippen LogP contribution in [0.3, 0.4) is 0 Å². The maximum absolute atomic E-state index is 14.2. The molecule has 1 saturated heterocycles. The van der Waals surface area contributed by atoms with Gasteiger partial charge in [-0.25, -0.2) is 13.6 Å². The summed E-state index contributed by atoms with van der Waals surface area (Å²) in [5.41, 5.74) is -0.591. The molecule has 1 aromatic carbocycles. The molecule has 0 spiro atoms. The smallest absolute Gasteiger partial charge is 0.350 e. The van der Waals surface area contributed by atoms with Gasteiger partial charge in [0.2, 0.25) is 0 Å². The van der Waals surface area contributed by atoms with Crippen LogP contribution in [0.15, 0.2) is 47.4 Å². The van der Waals surface area contributed by atoms with Gasteiger partial charge >= 0.3 is 5.69 Å². The number of benzene rings is 1. The summed E-state index contributed by atoms with van der Waals surface area (Å²) in [6, 6.07) is 9.56. The third-order valence-electron chi connectivity index (χ3n) is 4.01. The van der Waals surface area contributed by atoms with E-state index < -0.39 is 35.4 Å². The second-order valence-electron chi connectivity index (χ2n) is 5.53. The minimum Gasteiger partial charge on any atom is -0.393 e. The first-order valence-electron chi connectivity index (χ1n) is 7.49. The molecule has 1 aliphatic heterocycles. The van der Waals surface area contributed by atoms with Crippen LogP contribution in [-0.2, 0) is 4.87 Å². The normalized spacial score (nSPS) is 21.9. The van der Waals surface area contributed by atoms with E-state index in [4.69, 9.17) is 0 Å². The number of nitrogens with one attached hydrogen (secondary N) is 1. The molecule has 3 rings (SSSR count). The Morgan fingerprint density at radius 2 is 2.04 bits per heavy atom. The Balaban J connectivity index is 1.89. The highest BCUT2D eigenvalue weighted by molar-refractivity contribution is 8.00. The number of aliphatic hydroxyl groups excluding tert-OH is 1. The van der Waals surface area contributed by atoms with E-state index in [0.29, 0.717) is 5.56 Å². The lowest BCUT2D eigenvalue weighted by Gasteiger charge is -2.33. The van der Waals surface area contributed by atoms with Gasteiger partial charge in [0.25, 0.3) is 11.8 Å². The molecule has 1 aromatic heterocycles. The molecule has 132 valence electrons. The summed E-state index contributed by atoms with van der Waals surface area (Å²) in [5, 5.41) is 12.0. The number of halogens is 2. The molecule has 2 heterocycles. The summed E-state index contributed by atoms with van der Waals surface area (Å²) < 4.78 is 29.2. The summed E-state index contributed by atoms with van der Waals surface area (Å²) in [6.45, 7) is -0.901. The van der Waals surface area contributed by atoms with E-state index in [0.717, 1.165) is 22.5 Å². The molecular weight excluding hydrogens is 352 g/mol. The molecule has 0 radical (unpaired) electrons. The molecule has 0 bridgehead atoms. The van der Waals surface area contributed by atoms with Gasteiger partial charge in [0.1, 0.15) is 5.82 Å². The fourth-order valence-electron chi connectivity index (χ4n) is 2.66. The predicted octanol–water partition coefficient (Wildman–Crippen LogP) is 1.91. The van der Waals surface area contributed by atoms with E-state index in [2.05, 4.69) is 10.3 Å². The van der Waals surface area contributed by atoms with Gasteiger partial charge < -0.3 is 10.4 Å². The number of rotatable bonds is 4. The minimum absolute atomic E-state index is 0.0468. The SMILES string of the molecule is O=C(Nc1ccn(C2(CO)SCCC2(F)F)c(=O)n1)c1ccccc1. The Hall–Kier alpha value is -2.26. The van der Waals surface area contributed by atoms with Crippen molar-refractivity contribution in [2.75, 3.05) is 17.7 Å². The number of hydrogen-bond acceptors (Lipinski definition) is 5. The number of hydrogen-bond donors (Lipinski definition) is 2. The molecule has 0 aliphatic carbocycles. The lowest BCUT2D eigenvalue weighted by Crippen LogP contribution is -2.51. The largest absolute Gasteiger partial charge is 0.393 e. The Morgan fingerprint density at radius 3 is 2.60 bits per heavy atom. The summed E-state index contributed by atoms with van der Waals surface area (Å²) in [7, 11) is 0. The van der Waals surface area contributed by atoms with Crippen LogP contribution in [0, 0.1) is 0 Å². The summed E-state index contributed by atoms with van der Waals surface area (Å²) in [5.74, 6) is -3.64. The number of amides is 1. The number of alkyl halides is 2. The number of thioether (sulfide) groups is 1. The van der Waals surface area contributed by atoms with Crippen LogP contribution in [-0.4, -0.2) is 38.8 Å². The third kappa shape index (κ3) is 3.05. The molecule has 0 saturated carbocycles. The number of nitrogens with zero attached hydrogens (tertiary/aromatic N) is 2. The topological polar surface area (TPSA) is 84.2 Å². The van der Waals surface area contributed by atoms with Gasteiger partial charge in [0, 0.05) is 23.9 Å². The van der Waals surface area contributed by atoms with Crippen LogP contribution >= 0.6 is 11.8 Å². The van der Waals surface area contributed by atoms with Gasteiger partial charge in [-0.2, -0.15) is 4.98 Å². The molecule has 1 aliphatic rings. The standard InChI is InChI=1S/C16H15F2N3O3S/c17-15(18)7-9-25-16(15,10-22)21-8-6-12(20-14(21)24)19-13(23)11-4-2-1-3-5-11/h1-6,8,22H,7,9-10H2,(H,19,20,23,24). The van der Waals surface area contributed by atoms with Crippen molar-refractivity contribution in [3.63, 3.8) is 0 Å². The van der Waals surface area contributed by atoms with Crippen molar-refractivity contribution in [3.8, 4) is 0 Å². The van der Waals surface area contributed by atoms with Gasteiger partial charge in [0.15, 0.2) is 4.87 Å². The monoisotopic (exact) mass is 367 g/mol. The van der Waals surface area contributed by atoms with Crippen LogP contribution in [0.2, 0.25) is 0 Å². The van der Waals surface area contributed by atoms with Gasteiger partial charge in [-0.15, -0.1) is 11.8 Å². The van der Waals surface area contributed by atoms with Crippen molar-refractivity contribution in [3.05, 3.63) is 58.6 Å². The van der Waals surface area contributed by atoms with E-state index in [9.17, 15) is 23.5 Å². The van der Waals surface area contributed by atoms with E-state index in [-0.39, 0.29) is 11.6 Å². The van der Waals surface area contributed by atoms with Crippen LogP contribution in [0.5, 0.6) is 0 Å². The Kier molecular flexibility index (Phi) is 4.61. The molecule has 1 amide bonds. The van der Waals surface area contributed by atoms with Crippen LogP contribution in [0.25, 0.3) is 0 Å². The van der Waals surface area contributed by atoms with Crippen molar-refractivity contribution in [1.82, 2.24) is 9.55 Å². The maximum atomic E-state index is 14.2. The number of carbonyl (C=O) groups excluding carboxylic acids is 1. The second kappa shape index (κ2) is 6.57. The number of aliphatic hydroxyl groups is 1. The van der Waals surface area contributed by atoms with E-state index in [1.807, 2.05) is 0 Å². The molecule has 1 fully saturated rings. The molecule has 6 nitrogen and oxygen atoms in total. The summed E-state index contributed by atoms with van der Waals surface area (Å²) in [4.78, 5) is 25.9. The highest BCUT2D eigenvalue weighted by Crippen LogP contribution is 2.52. The van der Waals surface area contributed by atoms with Gasteiger partial charge in [-0.05, 0) is 18.2 Å². The Bertz CT molecular complexity index is 844. The van der Waals surface area contributed by atoms with Crippen molar-refractivity contribution in [2.45, 2.75) is 17.2 Å². The minimum atomic E-state index is -3.24. The third-order valence-corrected chi connectivity index (χ3v) is 5.52. The first kappa shape index (κ1) is 17.6. The van der Waals surface area contributed by atoms with E-state index >= 15 is 0 Å². The zero-order valence-electron chi connectivity index (χ0n) is 13.0. The van der Waals surface area contributed by atoms with Crippen molar-refractivity contribution in [1.29, 1.82) is 0 Å². The van der Waals surface area contributed by atoms with Crippen LogP contribution in [0.1, 0.15) is 16.8 Å². The molecule has 1 unspecified atom stereocenters. The van der Waals surface area contributed by atoms with Crippen LogP contribution in [0.4, 0.5) is 14.6 Å². The fraction of sp³-hybridized carbons (Fsp3) is 0.312. The molecule has 25 heavy (non-hydrogen) atoms. The average Bonchev–Trinajstić information content (AvgIpc) is 2.91. The van der Waals surface area contributed by atoms with Crippen molar-refractivity contribution in [2.24, 2.45) is 0 Å². The quantitative estimate of drug-likeness (QED) is 0.863. The van der Waals surface area contributed by atoms with Crippen molar-refractivity contribution >= 4 is 23.5 Å². The van der Waals surface area contributed by atoms with Gasteiger partial charge in [-0.1, -0.05) is 18.2 Å². The summed E-state index contributed by atoms with van der Waals surface area (Å²) >= 11 is 0.816. The first-order valence-corrected chi connectivity index (χ1v) is 8.47. The molecule has 9 heteroatoms. The lowest BCUT2D eigenvalue weighted by molar-refractivity contribution is -0.0816. The number of aromatic nitrogens is 2. The zero-order chi connectivity index (χ0) is 18.1. The molecule has 2 N–H and O–H groups in total. The molecule has 1 atom stereocenters. The zero-order valence-corrected chi connectivity index (χ0v) is 13.8. The summed E-state index contributed by atoms with van der Waals surface area (Å²) in [6.07, 6.45) is 0.690. The molecular formula is C16H15F2N3O3S. The van der Waals surface area contributed by atoms with Crippen LogP contribution < -0.4 is 11.0 Å². The number of anilines is 1. The lowest BCUT2D eigenvalue weighted by atomic mass is 10.1. The fourth-order valence-corrected chi connectivity index (χ4v) is 4.04. The second-order valence-corrected chi connectivity index (χ2v) is 6.90. The Labute approximate surface area is 145 Å². The Morgan fingerprint density at radius 1 is 1.32 bits per heavy atom. The highest BCUT2D eigenvalue weighted by Gasteiger charge is 2.59. The van der Waals surface area contributed by atoms with Gasteiger partial charge in [-0.3, -0.25) is 9.36 Å². The molecule has 2 aromatic rings. The number of carbonyl (C=O) groups is 1. The van der Waals surface area contributed by atoms with Crippen molar-refractivity contribution < 1.29 is 18.7 Å². The predicted molar refractivity (Wildman–Crippen MR) is 90.0 cm³/mol. The van der Waals surface area contributed by atoms with Gasteiger partial charge in [0.05, 0.1) is 6.61 Å². The van der Waals surface area contributed by atoms with E-state index in [1.54, 1.807) is 30.3 Å². The average molecular weight is 367 g/mol. The highest BCUT2D eigenvalue weighted by atomic mass is 32.2. The van der Waals surface area contributed by atoms with E-state index in [1.165, 1.54) is 6.07 Å². The maximum Gasteiger partial charge on any atom is 0.350 e.